The fourth-order valence-electron chi connectivity index (χ4n) is 4.38. The largest absolute Gasteiger partial charge is 0.496 e. The summed E-state index contributed by atoms with van der Waals surface area (Å²) in [5.74, 6) is 0.843. The number of nitrogens with zero attached hydrogens (tertiary/aromatic N) is 2. The SMILES string of the molecule is COc1ccc(CN2C[C@@H](O)[C@H](F)C2)cc1-c1ccc2c(c1)CCCN2C(C)=O. The van der Waals surface area contributed by atoms with Crippen LogP contribution in [0.4, 0.5) is 10.1 Å². The first-order valence-electron chi connectivity index (χ1n) is 10.1. The van der Waals surface area contributed by atoms with Crippen molar-refractivity contribution < 1.29 is 19.0 Å². The monoisotopic (exact) mass is 398 g/mol. The lowest BCUT2D eigenvalue weighted by atomic mass is 9.94. The molecule has 1 amide bonds. The van der Waals surface area contributed by atoms with Gasteiger partial charge in [-0.25, -0.2) is 4.39 Å². The molecular formula is C23H27FN2O3. The molecule has 0 saturated carbocycles. The number of hydrogen-bond acceptors (Lipinski definition) is 4. The van der Waals surface area contributed by atoms with Gasteiger partial charge in [-0.1, -0.05) is 12.1 Å². The van der Waals surface area contributed by atoms with Crippen molar-refractivity contribution in [3.05, 3.63) is 47.5 Å². The first-order valence-corrected chi connectivity index (χ1v) is 10.1. The van der Waals surface area contributed by atoms with Crippen LogP contribution >= 0.6 is 0 Å². The van der Waals surface area contributed by atoms with Crippen LogP contribution in [0.25, 0.3) is 11.1 Å². The van der Waals surface area contributed by atoms with Gasteiger partial charge in [-0.15, -0.1) is 0 Å². The number of rotatable bonds is 4. The van der Waals surface area contributed by atoms with E-state index >= 15 is 0 Å². The molecule has 0 unspecified atom stereocenters. The summed E-state index contributed by atoms with van der Waals surface area (Å²) in [6.45, 7) is 3.55. The highest BCUT2D eigenvalue weighted by atomic mass is 19.1. The number of fused-ring (bicyclic) bond motifs is 1. The number of benzene rings is 2. The minimum absolute atomic E-state index is 0.0669. The number of aryl methyl sites for hydroxylation is 1. The second kappa shape index (κ2) is 8.13. The summed E-state index contributed by atoms with van der Waals surface area (Å²) in [4.78, 5) is 15.7. The molecule has 2 aromatic carbocycles. The molecule has 2 aliphatic rings. The second-order valence-corrected chi connectivity index (χ2v) is 7.93. The molecule has 2 atom stereocenters. The number of carbonyl (C=O) groups is 1. The van der Waals surface area contributed by atoms with Gasteiger partial charge in [0.1, 0.15) is 11.9 Å². The molecule has 0 bridgehead atoms. The average Bonchev–Trinajstić information content (AvgIpc) is 3.03. The molecule has 2 aliphatic heterocycles. The van der Waals surface area contributed by atoms with Crippen molar-refractivity contribution in [1.29, 1.82) is 0 Å². The number of ether oxygens (including phenoxy) is 1. The van der Waals surface area contributed by atoms with E-state index in [9.17, 15) is 14.3 Å². The molecular weight excluding hydrogens is 371 g/mol. The maximum Gasteiger partial charge on any atom is 0.223 e. The first-order chi connectivity index (χ1) is 14.0. The number of β-amino-alcohol motifs (C(OH)–C–C–N with tert-alkyl or cyclic N) is 1. The molecule has 5 nitrogen and oxygen atoms in total. The summed E-state index contributed by atoms with van der Waals surface area (Å²) in [5.41, 5.74) is 5.22. The number of hydrogen-bond donors (Lipinski definition) is 1. The Morgan fingerprint density at radius 1 is 1.24 bits per heavy atom. The maximum atomic E-state index is 13.6. The summed E-state index contributed by atoms with van der Waals surface area (Å²) < 4.78 is 19.2. The van der Waals surface area contributed by atoms with Crippen molar-refractivity contribution in [2.75, 3.05) is 31.6 Å². The first kappa shape index (κ1) is 19.9. The predicted octanol–water partition coefficient (Wildman–Crippen LogP) is 3.18. The fourth-order valence-corrected chi connectivity index (χ4v) is 4.38. The van der Waals surface area contributed by atoms with Gasteiger partial charge < -0.3 is 14.7 Å². The van der Waals surface area contributed by atoms with E-state index in [-0.39, 0.29) is 12.5 Å². The Balaban J connectivity index is 1.64. The van der Waals surface area contributed by atoms with Gasteiger partial charge in [0.05, 0.1) is 13.2 Å². The molecule has 0 radical (unpaired) electrons. The number of alkyl halides is 1. The lowest BCUT2D eigenvalue weighted by Crippen LogP contribution is -2.33. The Hall–Kier alpha value is -2.44. The van der Waals surface area contributed by atoms with Gasteiger partial charge in [0, 0.05) is 44.4 Å². The zero-order valence-corrected chi connectivity index (χ0v) is 16.9. The Labute approximate surface area is 170 Å². The highest BCUT2D eigenvalue weighted by Gasteiger charge is 2.31. The zero-order valence-electron chi connectivity index (χ0n) is 16.9. The van der Waals surface area contributed by atoms with Crippen LogP contribution in [0.2, 0.25) is 0 Å². The van der Waals surface area contributed by atoms with E-state index in [0.29, 0.717) is 13.1 Å². The number of aliphatic hydroxyl groups is 1. The molecule has 29 heavy (non-hydrogen) atoms. The number of carbonyl (C=O) groups excluding carboxylic acids is 1. The van der Waals surface area contributed by atoms with Gasteiger partial charge in [0.25, 0.3) is 0 Å². The van der Waals surface area contributed by atoms with Crippen LogP contribution in [0.3, 0.4) is 0 Å². The summed E-state index contributed by atoms with van der Waals surface area (Å²) in [7, 11) is 1.65. The van der Waals surface area contributed by atoms with Crippen LogP contribution in [0.1, 0.15) is 24.5 Å². The normalized spacial score (nSPS) is 21.9. The Morgan fingerprint density at radius 2 is 2.07 bits per heavy atom. The van der Waals surface area contributed by atoms with Gasteiger partial charge in [-0.2, -0.15) is 0 Å². The quantitative estimate of drug-likeness (QED) is 0.860. The smallest absolute Gasteiger partial charge is 0.223 e. The van der Waals surface area contributed by atoms with Gasteiger partial charge in [0.15, 0.2) is 0 Å². The molecule has 2 heterocycles. The van der Waals surface area contributed by atoms with Crippen molar-refractivity contribution in [1.82, 2.24) is 4.90 Å². The molecule has 1 saturated heterocycles. The predicted molar refractivity (Wildman–Crippen MR) is 111 cm³/mol. The van der Waals surface area contributed by atoms with Crippen LogP contribution in [-0.4, -0.2) is 54.9 Å². The van der Waals surface area contributed by atoms with Gasteiger partial charge >= 0.3 is 0 Å². The second-order valence-electron chi connectivity index (χ2n) is 7.93. The van der Waals surface area contributed by atoms with Crippen molar-refractivity contribution >= 4 is 11.6 Å². The van der Waals surface area contributed by atoms with Crippen LogP contribution in [0, 0.1) is 0 Å². The van der Waals surface area contributed by atoms with Crippen molar-refractivity contribution in [2.24, 2.45) is 0 Å². The van der Waals surface area contributed by atoms with E-state index in [1.54, 1.807) is 14.0 Å². The molecule has 154 valence electrons. The third-order valence-electron chi connectivity index (χ3n) is 5.85. The number of anilines is 1. The van der Waals surface area contributed by atoms with E-state index in [1.807, 2.05) is 34.1 Å². The molecule has 0 spiro atoms. The average molecular weight is 398 g/mol. The van der Waals surface area contributed by atoms with Crippen molar-refractivity contribution in [2.45, 2.75) is 38.6 Å². The summed E-state index contributed by atoms with van der Waals surface area (Å²) in [6.07, 6.45) is -0.192. The highest BCUT2D eigenvalue weighted by molar-refractivity contribution is 5.93. The fraction of sp³-hybridized carbons (Fsp3) is 0.435. The van der Waals surface area contributed by atoms with E-state index in [2.05, 4.69) is 12.1 Å². The third-order valence-corrected chi connectivity index (χ3v) is 5.85. The summed E-state index contributed by atoms with van der Waals surface area (Å²) in [5, 5.41) is 9.67. The Morgan fingerprint density at radius 3 is 2.76 bits per heavy atom. The molecule has 0 aliphatic carbocycles. The minimum Gasteiger partial charge on any atom is -0.496 e. The number of aliphatic hydroxyl groups excluding tert-OH is 1. The third kappa shape index (κ3) is 4.00. The number of methoxy groups -OCH3 is 1. The maximum absolute atomic E-state index is 13.6. The number of likely N-dealkylation sites (tertiary alicyclic amines) is 1. The standard InChI is InChI=1S/C23H27FN2O3/c1-15(27)26-9-3-4-18-11-17(6-7-21(18)26)19-10-16(5-8-23(19)29-2)12-25-13-20(24)22(28)14-25/h5-8,10-11,20,22,28H,3-4,9,12-14H2,1-2H3/t20-,22-/m1/s1. The van der Waals surface area contributed by atoms with Gasteiger partial charge in [-0.05, 0) is 53.8 Å². The number of halogens is 1. The van der Waals surface area contributed by atoms with Gasteiger partial charge in [0.2, 0.25) is 5.91 Å². The Kier molecular flexibility index (Phi) is 5.56. The van der Waals surface area contributed by atoms with Crippen molar-refractivity contribution in [3.8, 4) is 16.9 Å². The van der Waals surface area contributed by atoms with Crippen LogP contribution in [-0.2, 0) is 17.8 Å². The van der Waals surface area contributed by atoms with Gasteiger partial charge in [-0.3, -0.25) is 9.69 Å². The highest BCUT2D eigenvalue weighted by Crippen LogP contribution is 2.36. The molecule has 1 fully saturated rings. The van der Waals surface area contributed by atoms with E-state index < -0.39 is 12.3 Å². The number of amides is 1. The lowest BCUT2D eigenvalue weighted by molar-refractivity contribution is -0.116. The van der Waals surface area contributed by atoms with E-state index in [4.69, 9.17) is 4.74 Å². The molecule has 1 N–H and O–H groups in total. The van der Waals surface area contributed by atoms with Crippen LogP contribution < -0.4 is 9.64 Å². The van der Waals surface area contributed by atoms with Crippen LogP contribution in [0.5, 0.6) is 5.75 Å². The molecule has 4 rings (SSSR count). The molecule has 0 aromatic heterocycles. The minimum atomic E-state index is -1.18. The zero-order chi connectivity index (χ0) is 20.5. The lowest BCUT2D eigenvalue weighted by Gasteiger charge is -2.29. The summed E-state index contributed by atoms with van der Waals surface area (Å²) in [6, 6.07) is 12.2. The Bertz CT molecular complexity index is 907. The van der Waals surface area contributed by atoms with Crippen molar-refractivity contribution in [3.63, 3.8) is 0 Å². The summed E-state index contributed by atoms with van der Waals surface area (Å²) >= 11 is 0. The molecule has 6 heteroatoms. The van der Waals surface area contributed by atoms with E-state index in [0.717, 1.165) is 47.5 Å². The molecule has 2 aromatic rings. The van der Waals surface area contributed by atoms with E-state index in [1.165, 1.54) is 5.56 Å². The van der Waals surface area contributed by atoms with Crippen LogP contribution in [0.15, 0.2) is 36.4 Å². The topological polar surface area (TPSA) is 53.0 Å².